The molecule has 2 heterocycles. The van der Waals surface area contributed by atoms with E-state index in [4.69, 9.17) is 4.42 Å². The maximum atomic E-state index is 13.2. The van der Waals surface area contributed by atoms with Gasteiger partial charge in [0.1, 0.15) is 5.76 Å². The molecule has 180 valence electrons. The maximum absolute atomic E-state index is 13.2. The molecule has 3 aromatic rings. The van der Waals surface area contributed by atoms with Crippen molar-refractivity contribution in [3.05, 3.63) is 60.0 Å². The van der Waals surface area contributed by atoms with Gasteiger partial charge in [-0.05, 0) is 50.1 Å². The van der Waals surface area contributed by atoms with Crippen LogP contribution in [0.4, 0.5) is 11.4 Å². The second-order valence-electron chi connectivity index (χ2n) is 8.65. The van der Waals surface area contributed by atoms with Gasteiger partial charge < -0.3 is 14.6 Å². The Bertz CT molecular complexity index is 1260. The van der Waals surface area contributed by atoms with Crippen LogP contribution in [0.5, 0.6) is 0 Å². The molecule has 1 aliphatic heterocycles. The summed E-state index contributed by atoms with van der Waals surface area (Å²) in [7, 11) is 0.0704. The highest BCUT2D eigenvalue weighted by Crippen LogP contribution is 2.30. The third-order valence-electron chi connectivity index (χ3n) is 5.92. The zero-order valence-corrected chi connectivity index (χ0v) is 20.6. The Morgan fingerprint density at radius 2 is 1.79 bits per heavy atom. The SMILES string of the molecule is Cc1oc(-c2ccccc2)nc1CC(=O)Nc1cc(S(=O)(=O)N2CCCCC2)ccc1N(C)C. The minimum absolute atomic E-state index is 0.0120. The van der Waals surface area contributed by atoms with Crippen LogP contribution in [0, 0.1) is 6.92 Å². The minimum atomic E-state index is -3.62. The van der Waals surface area contributed by atoms with Gasteiger partial charge in [-0.15, -0.1) is 0 Å². The third-order valence-corrected chi connectivity index (χ3v) is 7.81. The van der Waals surface area contributed by atoms with E-state index < -0.39 is 10.0 Å². The molecule has 8 nitrogen and oxygen atoms in total. The van der Waals surface area contributed by atoms with Gasteiger partial charge in [-0.25, -0.2) is 13.4 Å². The van der Waals surface area contributed by atoms with Crippen molar-refractivity contribution in [3.8, 4) is 11.5 Å². The van der Waals surface area contributed by atoms with Crippen LogP contribution in [0.3, 0.4) is 0 Å². The lowest BCUT2D eigenvalue weighted by atomic mass is 10.2. The quantitative estimate of drug-likeness (QED) is 0.545. The lowest BCUT2D eigenvalue weighted by Gasteiger charge is -2.26. The second-order valence-corrected chi connectivity index (χ2v) is 10.6. The monoisotopic (exact) mass is 482 g/mol. The topological polar surface area (TPSA) is 95.8 Å². The fraction of sp³-hybridized carbons (Fsp3) is 0.360. The van der Waals surface area contributed by atoms with Crippen molar-refractivity contribution in [2.45, 2.75) is 37.5 Å². The summed E-state index contributed by atoms with van der Waals surface area (Å²) in [5, 5.41) is 2.89. The zero-order valence-electron chi connectivity index (χ0n) is 19.7. The highest BCUT2D eigenvalue weighted by atomic mass is 32.2. The van der Waals surface area contributed by atoms with Crippen LogP contribution in [-0.4, -0.2) is 50.8 Å². The average Bonchev–Trinajstić information content (AvgIpc) is 3.20. The first kappa shape index (κ1) is 24.0. The Balaban J connectivity index is 1.56. The molecule has 0 unspecified atom stereocenters. The molecule has 34 heavy (non-hydrogen) atoms. The van der Waals surface area contributed by atoms with Gasteiger partial charge in [0.15, 0.2) is 0 Å². The first-order valence-electron chi connectivity index (χ1n) is 11.4. The normalized spacial score (nSPS) is 14.7. The molecule has 1 aliphatic rings. The molecule has 1 saturated heterocycles. The Morgan fingerprint density at radius 1 is 1.09 bits per heavy atom. The van der Waals surface area contributed by atoms with Crippen molar-refractivity contribution < 1.29 is 17.6 Å². The van der Waals surface area contributed by atoms with Crippen molar-refractivity contribution in [3.63, 3.8) is 0 Å². The predicted octanol–water partition coefficient (Wildman–Crippen LogP) is 4.07. The van der Waals surface area contributed by atoms with Gasteiger partial charge in [0.25, 0.3) is 0 Å². The highest BCUT2D eigenvalue weighted by molar-refractivity contribution is 7.89. The summed E-state index contributed by atoms with van der Waals surface area (Å²) in [5.41, 5.74) is 2.54. The summed E-state index contributed by atoms with van der Waals surface area (Å²) in [5.74, 6) is 0.736. The predicted molar refractivity (Wildman–Crippen MR) is 132 cm³/mol. The van der Waals surface area contributed by atoms with E-state index in [1.165, 1.54) is 4.31 Å². The number of amides is 1. The Kier molecular flexibility index (Phi) is 7.04. The molecule has 1 amide bonds. The van der Waals surface area contributed by atoms with Gasteiger partial charge in [0.05, 0.1) is 28.4 Å². The summed E-state index contributed by atoms with van der Waals surface area (Å²) in [6.07, 6.45) is 2.78. The molecule has 1 fully saturated rings. The molecule has 4 rings (SSSR count). The van der Waals surface area contributed by atoms with Gasteiger partial charge in [0.2, 0.25) is 21.8 Å². The second kappa shape index (κ2) is 9.99. The number of aromatic nitrogens is 1. The summed E-state index contributed by atoms with van der Waals surface area (Å²) in [6, 6.07) is 14.4. The van der Waals surface area contributed by atoms with Crippen molar-refractivity contribution in [1.29, 1.82) is 0 Å². The number of carbonyl (C=O) groups is 1. The van der Waals surface area contributed by atoms with Gasteiger partial charge >= 0.3 is 0 Å². The molecule has 0 bridgehead atoms. The van der Waals surface area contributed by atoms with E-state index in [2.05, 4.69) is 10.3 Å². The van der Waals surface area contributed by atoms with E-state index in [0.29, 0.717) is 41.8 Å². The van der Waals surface area contributed by atoms with E-state index in [1.807, 2.05) is 49.3 Å². The Morgan fingerprint density at radius 3 is 2.47 bits per heavy atom. The lowest BCUT2D eigenvalue weighted by Crippen LogP contribution is -2.35. The number of rotatable bonds is 7. The summed E-state index contributed by atoms with van der Waals surface area (Å²) in [4.78, 5) is 19.5. The molecule has 0 atom stereocenters. The maximum Gasteiger partial charge on any atom is 0.243 e. The van der Waals surface area contributed by atoms with Crippen molar-refractivity contribution in [1.82, 2.24) is 9.29 Å². The number of benzene rings is 2. The van der Waals surface area contributed by atoms with E-state index in [0.717, 1.165) is 24.8 Å². The number of nitrogens with zero attached hydrogens (tertiary/aromatic N) is 3. The number of hydrogen-bond acceptors (Lipinski definition) is 6. The molecule has 9 heteroatoms. The fourth-order valence-corrected chi connectivity index (χ4v) is 5.61. The summed E-state index contributed by atoms with van der Waals surface area (Å²) < 4.78 is 33.6. The van der Waals surface area contributed by atoms with Crippen LogP contribution in [0.25, 0.3) is 11.5 Å². The lowest BCUT2D eigenvalue weighted by molar-refractivity contribution is -0.115. The van der Waals surface area contributed by atoms with Gasteiger partial charge in [-0.1, -0.05) is 24.6 Å². The van der Waals surface area contributed by atoms with Crippen LogP contribution in [0.15, 0.2) is 57.8 Å². The molecule has 1 N–H and O–H groups in total. The van der Waals surface area contributed by atoms with Crippen LogP contribution in [0.1, 0.15) is 30.7 Å². The number of sulfonamides is 1. The van der Waals surface area contributed by atoms with E-state index in [9.17, 15) is 13.2 Å². The molecule has 0 saturated carbocycles. The Hall–Kier alpha value is -3.17. The molecular formula is C25H30N4O4S. The summed E-state index contributed by atoms with van der Waals surface area (Å²) >= 11 is 0. The molecule has 0 spiro atoms. The van der Waals surface area contributed by atoms with Crippen LogP contribution in [-0.2, 0) is 21.2 Å². The largest absolute Gasteiger partial charge is 0.441 e. The average molecular weight is 483 g/mol. The number of hydrogen-bond donors (Lipinski definition) is 1. The van der Waals surface area contributed by atoms with Gasteiger partial charge in [-0.3, -0.25) is 4.79 Å². The minimum Gasteiger partial charge on any atom is -0.441 e. The molecule has 2 aromatic carbocycles. The molecule has 0 radical (unpaired) electrons. The highest BCUT2D eigenvalue weighted by Gasteiger charge is 2.27. The van der Waals surface area contributed by atoms with E-state index >= 15 is 0 Å². The fourth-order valence-electron chi connectivity index (χ4n) is 4.06. The van der Waals surface area contributed by atoms with Crippen LogP contribution >= 0.6 is 0 Å². The number of oxazole rings is 1. The number of carbonyl (C=O) groups excluding carboxylic acids is 1. The number of anilines is 2. The van der Waals surface area contributed by atoms with Crippen LogP contribution < -0.4 is 10.2 Å². The summed E-state index contributed by atoms with van der Waals surface area (Å²) in [6.45, 7) is 2.82. The molecular weight excluding hydrogens is 452 g/mol. The number of nitrogens with one attached hydrogen (secondary N) is 1. The van der Waals surface area contributed by atoms with E-state index in [-0.39, 0.29) is 17.2 Å². The van der Waals surface area contributed by atoms with E-state index in [1.54, 1.807) is 25.1 Å². The zero-order chi connectivity index (χ0) is 24.3. The van der Waals surface area contributed by atoms with Gasteiger partial charge in [0, 0.05) is 32.7 Å². The van der Waals surface area contributed by atoms with Crippen LogP contribution in [0.2, 0.25) is 0 Å². The van der Waals surface area contributed by atoms with Crippen molar-refractivity contribution >= 4 is 27.3 Å². The van der Waals surface area contributed by atoms with Crippen molar-refractivity contribution in [2.24, 2.45) is 0 Å². The first-order chi connectivity index (χ1) is 16.3. The van der Waals surface area contributed by atoms with Crippen molar-refractivity contribution in [2.75, 3.05) is 37.4 Å². The number of aryl methyl sites for hydroxylation is 1. The third kappa shape index (κ3) is 5.15. The Labute approximate surface area is 200 Å². The standard InChI is InChI=1S/C25H30N4O4S/c1-18-21(27-25(33-18)19-10-6-4-7-11-19)17-24(30)26-22-16-20(12-13-23(22)28(2)3)34(31,32)29-14-8-5-9-15-29/h4,6-7,10-13,16H,5,8-9,14-15,17H2,1-3H3,(H,26,30). The molecule has 0 aliphatic carbocycles. The molecule has 1 aromatic heterocycles. The smallest absolute Gasteiger partial charge is 0.243 e. The van der Waals surface area contributed by atoms with Gasteiger partial charge in [-0.2, -0.15) is 4.31 Å². The first-order valence-corrected chi connectivity index (χ1v) is 12.8. The number of piperidine rings is 1.